The van der Waals surface area contributed by atoms with Crippen LogP contribution in [0.2, 0.25) is 0 Å². The molecule has 0 bridgehead atoms. The summed E-state index contributed by atoms with van der Waals surface area (Å²) in [5.41, 5.74) is 0.811. The lowest BCUT2D eigenvalue weighted by Gasteiger charge is -2.03. The van der Waals surface area contributed by atoms with Gasteiger partial charge in [-0.2, -0.15) is 0 Å². The predicted octanol–water partition coefficient (Wildman–Crippen LogP) is -0.971. The van der Waals surface area contributed by atoms with Gasteiger partial charge in [-0.25, -0.2) is 4.68 Å². The fraction of sp³-hybridized carbons (Fsp3) is 0.727. The Morgan fingerprint density at radius 1 is 1.56 bits per heavy atom. The Morgan fingerprint density at radius 3 is 3.11 bits per heavy atom. The van der Waals surface area contributed by atoms with Crippen LogP contribution in [0.25, 0.3) is 0 Å². The number of aromatic nitrogens is 3. The fourth-order valence-corrected chi connectivity index (χ4v) is 1.58. The van der Waals surface area contributed by atoms with Gasteiger partial charge in [-0.3, -0.25) is 4.79 Å². The largest absolute Gasteiger partial charge is 0.394 e. The predicted molar refractivity (Wildman–Crippen MR) is 64.6 cm³/mol. The first-order valence-corrected chi connectivity index (χ1v) is 6.28. The quantitative estimate of drug-likeness (QED) is 0.518. The van der Waals surface area contributed by atoms with Crippen molar-refractivity contribution in [2.24, 2.45) is 0 Å². The van der Waals surface area contributed by atoms with Gasteiger partial charge in [-0.05, 0) is 12.8 Å². The molecule has 0 aliphatic heterocycles. The van der Waals surface area contributed by atoms with Crippen LogP contribution in [-0.2, 0) is 17.9 Å². The van der Waals surface area contributed by atoms with Crippen LogP contribution in [0.5, 0.6) is 0 Å². The molecule has 0 atom stereocenters. The zero-order valence-corrected chi connectivity index (χ0v) is 10.3. The second-order valence-corrected chi connectivity index (χ2v) is 4.47. The third kappa shape index (κ3) is 4.42. The molecule has 0 saturated heterocycles. The Labute approximate surface area is 106 Å². The van der Waals surface area contributed by atoms with E-state index in [0.29, 0.717) is 32.1 Å². The molecule has 1 aliphatic carbocycles. The molecule has 1 aliphatic rings. The van der Waals surface area contributed by atoms with Gasteiger partial charge in [-0.1, -0.05) is 5.21 Å². The topological polar surface area (TPSA) is 92.1 Å². The number of aliphatic hydroxyl groups excluding tert-OH is 1. The molecular weight excluding hydrogens is 234 g/mol. The van der Waals surface area contributed by atoms with Crippen molar-refractivity contribution in [3.05, 3.63) is 11.9 Å². The number of nitrogens with zero attached hydrogens (tertiary/aromatic N) is 3. The van der Waals surface area contributed by atoms with E-state index in [9.17, 15) is 4.79 Å². The van der Waals surface area contributed by atoms with E-state index < -0.39 is 0 Å². The van der Waals surface area contributed by atoms with E-state index in [4.69, 9.17) is 5.11 Å². The van der Waals surface area contributed by atoms with Crippen LogP contribution in [0, 0.1) is 0 Å². The Hall–Kier alpha value is -1.47. The first-order chi connectivity index (χ1) is 8.78. The molecule has 1 amide bonds. The molecule has 1 saturated carbocycles. The summed E-state index contributed by atoms with van der Waals surface area (Å²) in [5.74, 6) is 0.105. The smallest absolute Gasteiger partial charge is 0.221 e. The Bertz CT molecular complexity index is 389. The summed E-state index contributed by atoms with van der Waals surface area (Å²) < 4.78 is 1.59. The maximum Gasteiger partial charge on any atom is 0.221 e. The third-order valence-electron chi connectivity index (χ3n) is 2.69. The summed E-state index contributed by atoms with van der Waals surface area (Å²) in [4.78, 5) is 11.4. The number of hydrogen-bond donors (Lipinski definition) is 3. The van der Waals surface area contributed by atoms with Crippen molar-refractivity contribution in [2.45, 2.75) is 38.4 Å². The van der Waals surface area contributed by atoms with Crippen LogP contribution in [0.4, 0.5) is 0 Å². The van der Waals surface area contributed by atoms with Gasteiger partial charge in [0, 0.05) is 31.7 Å². The highest BCUT2D eigenvalue weighted by Gasteiger charge is 2.22. The number of rotatable bonds is 8. The summed E-state index contributed by atoms with van der Waals surface area (Å²) in [7, 11) is 0. The number of hydrogen-bond acceptors (Lipinski definition) is 5. The molecule has 0 radical (unpaired) electrons. The zero-order chi connectivity index (χ0) is 12.8. The molecule has 3 N–H and O–H groups in total. The van der Waals surface area contributed by atoms with Gasteiger partial charge in [0.1, 0.15) is 0 Å². The molecule has 1 fully saturated rings. The van der Waals surface area contributed by atoms with Crippen LogP contribution in [0.3, 0.4) is 0 Å². The standard InChI is InChI=1S/C11H19N5O2/c17-6-5-16-8-10(14-15-16)7-12-4-3-11(18)13-9-1-2-9/h8-9,12,17H,1-7H2,(H,13,18). The van der Waals surface area contributed by atoms with E-state index in [1.165, 1.54) is 0 Å². The average molecular weight is 253 g/mol. The second kappa shape index (κ2) is 6.46. The van der Waals surface area contributed by atoms with Crippen molar-refractivity contribution in [2.75, 3.05) is 13.2 Å². The average Bonchev–Trinajstić information content (AvgIpc) is 3.04. The molecule has 100 valence electrons. The molecule has 0 unspecified atom stereocenters. The van der Waals surface area contributed by atoms with E-state index in [1.54, 1.807) is 10.9 Å². The molecule has 2 rings (SSSR count). The van der Waals surface area contributed by atoms with E-state index in [0.717, 1.165) is 18.5 Å². The van der Waals surface area contributed by atoms with Crippen molar-refractivity contribution in [3.63, 3.8) is 0 Å². The summed E-state index contributed by atoms with van der Waals surface area (Å²) in [6.07, 6.45) is 4.51. The number of aliphatic hydroxyl groups is 1. The Kier molecular flexibility index (Phi) is 4.66. The lowest BCUT2D eigenvalue weighted by molar-refractivity contribution is -0.121. The first kappa shape index (κ1) is 13.0. The molecule has 1 aromatic heterocycles. The monoisotopic (exact) mass is 253 g/mol. The lowest BCUT2D eigenvalue weighted by Crippen LogP contribution is -2.29. The molecule has 1 heterocycles. The van der Waals surface area contributed by atoms with Crippen molar-refractivity contribution in [3.8, 4) is 0 Å². The lowest BCUT2D eigenvalue weighted by atomic mass is 10.3. The van der Waals surface area contributed by atoms with Crippen molar-refractivity contribution < 1.29 is 9.90 Å². The second-order valence-electron chi connectivity index (χ2n) is 4.47. The molecule has 1 aromatic rings. The normalized spacial score (nSPS) is 14.7. The number of carbonyl (C=O) groups is 1. The van der Waals surface area contributed by atoms with Gasteiger partial charge in [0.05, 0.1) is 18.8 Å². The van der Waals surface area contributed by atoms with E-state index in [1.807, 2.05) is 0 Å². The van der Waals surface area contributed by atoms with Gasteiger partial charge in [-0.15, -0.1) is 5.10 Å². The molecule has 0 aromatic carbocycles. The maximum atomic E-state index is 11.4. The van der Waals surface area contributed by atoms with Crippen molar-refractivity contribution in [1.82, 2.24) is 25.6 Å². The van der Waals surface area contributed by atoms with Crippen molar-refractivity contribution in [1.29, 1.82) is 0 Å². The molecule has 0 spiro atoms. The fourth-order valence-electron chi connectivity index (χ4n) is 1.58. The molecule has 7 heteroatoms. The summed E-state index contributed by atoms with van der Waals surface area (Å²) in [6, 6.07) is 0.427. The van der Waals surface area contributed by atoms with Gasteiger partial charge < -0.3 is 15.7 Å². The van der Waals surface area contributed by atoms with E-state index >= 15 is 0 Å². The summed E-state index contributed by atoms with van der Waals surface area (Å²) >= 11 is 0. The van der Waals surface area contributed by atoms with Crippen LogP contribution in [-0.4, -0.2) is 45.2 Å². The third-order valence-corrected chi connectivity index (χ3v) is 2.69. The first-order valence-electron chi connectivity index (χ1n) is 6.28. The number of amides is 1. The minimum Gasteiger partial charge on any atom is -0.394 e. The highest BCUT2D eigenvalue weighted by atomic mass is 16.3. The Balaban J connectivity index is 1.57. The van der Waals surface area contributed by atoms with Crippen LogP contribution in [0.1, 0.15) is 25.0 Å². The SMILES string of the molecule is O=C(CCNCc1cn(CCO)nn1)NC1CC1. The Morgan fingerprint density at radius 2 is 2.39 bits per heavy atom. The number of nitrogens with one attached hydrogen (secondary N) is 2. The molecular formula is C11H19N5O2. The van der Waals surface area contributed by atoms with E-state index in [2.05, 4.69) is 20.9 Å². The minimum atomic E-state index is 0.0531. The summed E-state index contributed by atoms with van der Waals surface area (Å²) in [5, 5.41) is 22.6. The molecule has 18 heavy (non-hydrogen) atoms. The minimum absolute atomic E-state index is 0.0531. The van der Waals surface area contributed by atoms with Gasteiger partial charge in [0.2, 0.25) is 5.91 Å². The highest BCUT2D eigenvalue weighted by Crippen LogP contribution is 2.18. The summed E-state index contributed by atoms with van der Waals surface area (Å²) in [6.45, 7) is 1.72. The van der Waals surface area contributed by atoms with Crippen LogP contribution >= 0.6 is 0 Å². The molecule has 7 nitrogen and oxygen atoms in total. The highest BCUT2D eigenvalue weighted by molar-refractivity contribution is 5.76. The van der Waals surface area contributed by atoms with Crippen LogP contribution < -0.4 is 10.6 Å². The zero-order valence-electron chi connectivity index (χ0n) is 10.3. The van der Waals surface area contributed by atoms with Gasteiger partial charge in [0.25, 0.3) is 0 Å². The van der Waals surface area contributed by atoms with Crippen LogP contribution in [0.15, 0.2) is 6.20 Å². The van der Waals surface area contributed by atoms with Gasteiger partial charge in [0.15, 0.2) is 0 Å². The number of carbonyl (C=O) groups excluding carboxylic acids is 1. The van der Waals surface area contributed by atoms with Crippen molar-refractivity contribution >= 4 is 5.91 Å². The van der Waals surface area contributed by atoms with E-state index in [-0.39, 0.29) is 12.5 Å². The van der Waals surface area contributed by atoms with Gasteiger partial charge >= 0.3 is 0 Å². The maximum absolute atomic E-state index is 11.4.